The van der Waals surface area contributed by atoms with Crippen molar-refractivity contribution in [3.8, 4) is 40.0 Å². The van der Waals surface area contributed by atoms with Crippen molar-refractivity contribution in [3.05, 3.63) is 84.3 Å². The Morgan fingerprint density at radius 1 is 0.971 bits per heavy atom. The third-order valence-electron chi connectivity index (χ3n) is 5.19. The predicted octanol–water partition coefficient (Wildman–Crippen LogP) is 5.30. The molecule has 0 saturated carbocycles. The highest BCUT2D eigenvalue weighted by atomic mass is 32.2. The number of rotatable bonds is 7. The maximum atomic E-state index is 9.76. The lowest BCUT2D eigenvalue weighted by Crippen LogP contribution is -2.01. The summed E-state index contributed by atoms with van der Waals surface area (Å²) in [4.78, 5) is 4.52. The van der Waals surface area contributed by atoms with Gasteiger partial charge in [-0.3, -0.25) is 4.57 Å². The molecule has 170 valence electrons. The van der Waals surface area contributed by atoms with E-state index in [1.807, 2.05) is 72.2 Å². The molecular weight excluding hydrogens is 450 g/mol. The maximum absolute atomic E-state index is 9.76. The van der Waals surface area contributed by atoms with Crippen LogP contribution >= 0.6 is 11.8 Å². The number of aryl methyl sites for hydroxylation is 1. The number of benzene rings is 3. The molecule has 0 saturated heterocycles. The van der Waals surface area contributed by atoms with Crippen molar-refractivity contribution < 1.29 is 14.4 Å². The first-order valence-corrected chi connectivity index (χ1v) is 11.5. The fraction of sp³-hybridized carbons (Fsp3) is 0.120. The molecule has 0 aliphatic heterocycles. The molecule has 8 nitrogen and oxygen atoms in total. The average Bonchev–Trinajstić information content (AvgIpc) is 3.51. The smallest absolute Gasteiger partial charge is 0.237 e. The fourth-order valence-electron chi connectivity index (χ4n) is 3.46. The van der Waals surface area contributed by atoms with Gasteiger partial charge in [0.1, 0.15) is 11.5 Å². The molecule has 5 aromatic rings. The third kappa shape index (κ3) is 4.38. The Morgan fingerprint density at radius 3 is 2.50 bits per heavy atom. The van der Waals surface area contributed by atoms with Gasteiger partial charge in [-0.15, -0.1) is 10.2 Å². The van der Waals surface area contributed by atoms with Crippen LogP contribution in [0.1, 0.15) is 11.5 Å². The van der Waals surface area contributed by atoms with E-state index >= 15 is 0 Å². The normalized spacial score (nSPS) is 11.0. The minimum atomic E-state index is 0.180. The van der Waals surface area contributed by atoms with Crippen molar-refractivity contribution in [3.63, 3.8) is 0 Å². The SMILES string of the molecule is COc1ccccc1-c1nnc(SCc2nc(-c3ccc(C)cc3)no2)n1-c1ccc(O)cc1. The van der Waals surface area contributed by atoms with Crippen LogP contribution in [0, 0.1) is 6.92 Å². The van der Waals surface area contributed by atoms with Gasteiger partial charge in [0.25, 0.3) is 0 Å². The second-order valence-corrected chi connectivity index (χ2v) is 8.47. The highest BCUT2D eigenvalue weighted by Crippen LogP contribution is 2.34. The number of phenols is 1. The van der Waals surface area contributed by atoms with E-state index in [1.165, 1.54) is 17.3 Å². The van der Waals surface area contributed by atoms with Gasteiger partial charge in [0.05, 0.1) is 24.1 Å². The van der Waals surface area contributed by atoms with Gasteiger partial charge in [-0.25, -0.2) is 0 Å². The Labute approximate surface area is 200 Å². The summed E-state index contributed by atoms with van der Waals surface area (Å²) >= 11 is 1.43. The molecule has 2 heterocycles. The first kappa shape index (κ1) is 21.7. The Bertz CT molecular complexity index is 1410. The molecule has 0 unspecified atom stereocenters. The Kier molecular flexibility index (Phi) is 6.01. The van der Waals surface area contributed by atoms with Gasteiger partial charge in [0.2, 0.25) is 11.7 Å². The number of phenolic OH excluding ortho intramolecular Hbond substituents is 1. The van der Waals surface area contributed by atoms with Crippen molar-refractivity contribution in [1.82, 2.24) is 24.9 Å². The summed E-state index contributed by atoms with van der Waals surface area (Å²) in [5.41, 5.74) is 3.67. The van der Waals surface area contributed by atoms with Crippen molar-refractivity contribution in [2.45, 2.75) is 17.8 Å². The monoisotopic (exact) mass is 471 g/mol. The number of ether oxygens (including phenoxy) is 1. The predicted molar refractivity (Wildman–Crippen MR) is 129 cm³/mol. The molecule has 0 spiro atoms. The van der Waals surface area contributed by atoms with Crippen molar-refractivity contribution >= 4 is 11.8 Å². The fourth-order valence-corrected chi connectivity index (χ4v) is 4.25. The van der Waals surface area contributed by atoms with Gasteiger partial charge in [0, 0.05) is 5.56 Å². The molecule has 9 heteroatoms. The molecule has 0 amide bonds. The molecule has 0 aliphatic rings. The summed E-state index contributed by atoms with van der Waals surface area (Å²) < 4.78 is 12.9. The number of nitrogens with zero attached hydrogens (tertiary/aromatic N) is 5. The van der Waals surface area contributed by atoms with Gasteiger partial charge in [-0.1, -0.05) is 58.9 Å². The summed E-state index contributed by atoms with van der Waals surface area (Å²) in [5.74, 6) is 2.94. The number of hydrogen-bond acceptors (Lipinski definition) is 8. The Morgan fingerprint density at radius 2 is 1.74 bits per heavy atom. The summed E-state index contributed by atoms with van der Waals surface area (Å²) in [6.07, 6.45) is 0. The van der Waals surface area contributed by atoms with Gasteiger partial charge in [0.15, 0.2) is 11.0 Å². The van der Waals surface area contributed by atoms with E-state index in [1.54, 1.807) is 19.2 Å². The van der Waals surface area contributed by atoms with Gasteiger partial charge < -0.3 is 14.4 Å². The molecular formula is C25H21N5O3S. The zero-order valence-corrected chi connectivity index (χ0v) is 19.4. The van der Waals surface area contributed by atoms with Crippen LogP contribution in [0.2, 0.25) is 0 Å². The number of aromatic hydroxyl groups is 1. The molecule has 0 aliphatic carbocycles. The lowest BCUT2D eigenvalue weighted by molar-refractivity contribution is 0.391. The molecule has 0 bridgehead atoms. The zero-order valence-electron chi connectivity index (χ0n) is 18.5. The maximum Gasteiger partial charge on any atom is 0.237 e. The number of aromatic nitrogens is 5. The Balaban J connectivity index is 1.47. The van der Waals surface area contributed by atoms with E-state index in [4.69, 9.17) is 9.26 Å². The molecule has 2 aromatic heterocycles. The quantitative estimate of drug-likeness (QED) is 0.319. The van der Waals surface area contributed by atoms with Crippen molar-refractivity contribution in [2.24, 2.45) is 0 Å². The summed E-state index contributed by atoms with van der Waals surface area (Å²) in [5, 5.41) is 23.4. The van der Waals surface area contributed by atoms with E-state index in [0.717, 1.165) is 16.8 Å². The molecule has 1 N–H and O–H groups in total. The van der Waals surface area contributed by atoms with Crippen LogP contribution in [0.15, 0.2) is 82.5 Å². The average molecular weight is 472 g/mol. The van der Waals surface area contributed by atoms with E-state index in [2.05, 4.69) is 20.3 Å². The summed E-state index contributed by atoms with van der Waals surface area (Å²) in [6.45, 7) is 2.03. The highest BCUT2D eigenvalue weighted by molar-refractivity contribution is 7.98. The Hall–Kier alpha value is -4.11. The molecule has 0 radical (unpaired) electrons. The van der Waals surface area contributed by atoms with Crippen molar-refractivity contribution in [1.29, 1.82) is 0 Å². The lowest BCUT2D eigenvalue weighted by Gasteiger charge is -2.12. The third-order valence-corrected chi connectivity index (χ3v) is 6.11. The van der Waals surface area contributed by atoms with Crippen LogP contribution in [-0.4, -0.2) is 37.1 Å². The lowest BCUT2D eigenvalue weighted by atomic mass is 10.1. The van der Waals surface area contributed by atoms with E-state index in [-0.39, 0.29) is 5.75 Å². The first-order chi connectivity index (χ1) is 16.6. The minimum Gasteiger partial charge on any atom is -0.508 e. The second kappa shape index (κ2) is 9.40. The van der Waals surface area contributed by atoms with Gasteiger partial charge in [-0.2, -0.15) is 4.98 Å². The molecule has 0 atom stereocenters. The van der Waals surface area contributed by atoms with E-state index < -0.39 is 0 Å². The largest absolute Gasteiger partial charge is 0.508 e. The van der Waals surface area contributed by atoms with Crippen LogP contribution in [0.3, 0.4) is 0 Å². The standard InChI is InChI=1S/C25H21N5O3S/c1-16-7-9-17(10-8-16)23-26-22(33-29-23)15-34-25-28-27-24(20-5-3-4-6-21(20)32-2)30(25)18-11-13-19(31)14-12-18/h3-14,31H,15H2,1-2H3. The number of thioether (sulfide) groups is 1. The van der Waals surface area contributed by atoms with Crippen LogP contribution in [-0.2, 0) is 5.75 Å². The van der Waals surface area contributed by atoms with Crippen molar-refractivity contribution in [2.75, 3.05) is 7.11 Å². The summed E-state index contributed by atoms with van der Waals surface area (Å²) in [7, 11) is 1.62. The van der Waals surface area contributed by atoms with Gasteiger partial charge >= 0.3 is 0 Å². The van der Waals surface area contributed by atoms with E-state index in [9.17, 15) is 5.11 Å². The molecule has 3 aromatic carbocycles. The molecule has 0 fully saturated rings. The topological polar surface area (TPSA) is 99.1 Å². The zero-order chi connectivity index (χ0) is 23.5. The van der Waals surface area contributed by atoms with Crippen LogP contribution in [0.5, 0.6) is 11.5 Å². The summed E-state index contributed by atoms with van der Waals surface area (Å²) in [6, 6.07) is 22.5. The molecule has 5 rings (SSSR count). The highest BCUT2D eigenvalue weighted by Gasteiger charge is 2.20. The van der Waals surface area contributed by atoms with Crippen LogP contribution in [0.4, 0.5) is 0 Å². The van der Waals surface area contributed by atoms with Crippen LogP contribution < -0.4 is 4.74 Å². The van der Waals surface area contributed by atoms with Crippen LogP contribution in [0.25, 0.3) is 28.5 Å². The van der Waals surface area contributed by atoms with Gasteiger partial charge in [-0.05, 0) is 43.3 Å². The minimum absolute atomic E-state index is 0.180. The number of hydrogen-bond donors (Lipinski definition) is 1. The second-order valence-electron chi connectivity index (χ2n) is 7.52. The first-order valence-electron chi connectivity index (χ1n) is 10.5. The number of methoxy groups -OCH3 is 1. The number of para-hydroxylation sites is 1. The molecule has 34 heavy (non-hydrogen) atoms. The van der Waals surface area contributed by atoms with E-state index in [0.29, 0.717) is 34.2 Å².